The summed E-state index contributed by atoms with van der Waals surface area (Å²) in [5, 5.41) is 0. The Hall–Kier alpha value is -2.00. The Morgan fingerprint density at radius 1 is 1.24 bits per heavy atom. The Morgan fingerprint density at radius 2 is 2.10 bits per heavy atom. The van der Waals surface area contributed by atoms with Gasteiger partial charge in [0.05, 0.1) is 13.2 Å². The van der Waals surface area contributed by atoms with Gasteiger partial charge in [0.15, 0.2) is 0 Å². The van der Waals surface area contributed by atoms with Crippen molar-refractivity contribution in [2.24, 2.45) is 5.73 Å². The smallest absolute Gasteiger partial charge is 0.122 e. The van der Waals surface area contributed by atoms with Crippen molar-refractivity contribution in [3.63, 3.8) is 0 Å². The van der Waals surface area contributed by atoms with Crippen LogP contribution < -0.4 is 15.2 Å². The van der Waals surface area contributed by atoms with Crippen LogP contribution in [-0.4, -0.2) is 13.2 Å². The molecule has 2 atom stereocenters. The van der Waals surface area contributed by atoms with Crippen molar-refractivity contribution >= 4 is 0 Å². The number of fused-ring (bicyclic) bond motifs is 1. The van der Waals surface area contributed by atoms with Crippen molar-refractivity contribution in [3.05, 3.63) is 59.7 Å². The van der Waals surface area contributed by atoms with Crippen molar-refractivity contribution in [1.82, 2.24) is 0 Å². The SMILES string of the molecule is C[C@H](N)c1cccc(OCC2CCOc3ccccc32)c1. The fourth-order valence-corrected chi connectivity index (χ4v) is 2.67. The molecule has 2 aromatic rings. The Bertz CT molecular complexity index is 610. The normalized spacial score (nSPS) is 18.5. The third kappa shape index (κ3) is 3.19. The van der Waals surface area contributed by atoms with Gasteiger partial charge in [-0.1, -0.05) is 30.3 Å². The second-order valence-corrected chi connectivity index (χ2v) is 5.54. The molecule has 0 saturated heterocycles. The summed E-state index contributed by atoms with van der Waals surface area (Å²) in [6.45, 7) is 3.40. The number of hydrogen-bond donors (Lipinski definition) is 1. The molecule has 1 aliphatic heterocycles. The van der Waals surface area contributed by atoms with Gasteiger partial charge in [-0.05, 0) is 37.1 Å². The largest absolute Gasteiger partial charge is 0.493 e. The van der Waals surface area contributed by atoms with Gasteiger partial charge in [-0.3, -0.25) is 0 Å². The minimum Gasteiger partial charge on any atom is -0.493 e. The molecule has 0 fully saturated rings. The van der Waals surface area contributed by atoms with E-state index in [2.05, 4.69) is 12.1 Å². The summed E-state index contributed by atoms with van der Waals surface area (Å²) in [6.07, 6.45) is 0.990. The molecule has 1 unspecified atom stereocenters. The number of rotatable bonds is 4. The highest BCUT2D eigenvalue weighted by Crippen LogP contribution is 2.33. The van der Waals surface area contributed by atoms with Crippen LogP contribution in [0.4, 0.5) is 0 Å². The third-order valence-corrected chi connectivity index (χ3v) is 3.92. The maximum atomic E-state index is 5.98. The lowest BCUT2D eigenvalue weighted by Gasteiger charge is -2.26. The van der Waals surface area contributed by atoms with Crippen LogP contribution in [0, 0.1) is 0 Å². The molecule has 0 bridgehead atoms. The van der Waals surface area contributed by atoms with E-state index in [1.807, 2.05) is 43.3 Å². The Labute approximate surface area is 125 Å². The van der Waals surface area contributed by atoms with E-state index in [-0.39, 0.29) is 6.04 Å². The lowest BCUT2D eigenvalue weighted by molar-refractivity contribution is 0.217. The van der Waals surface area contributed by atoms with Crippen LogP contribution in [0.3, 0.4) is 0 Å². The van der Waals surface area contributed by atoms with Crippen molar-refractivity contribution < 1.29 is 9.47 Å². The Kier molecular flexibility index (Phi) is 4.11. The second-order valence-electron chi connectivity index (χ2n) is 5.54. The molecule has 21 heavy (non-hydrogen) atoms. The summed E-state index contributed by atoms with van der Waals surface area (Å²) in [6, 6.07) is 16.3. The van der Waals surface area contributed by atoms with E-state index in [0.29, 0.717) is 12.5 Å². The first-order valence-electron chi connectivity index (χ1n) is 7.44. The molecule has 0 aromatic heterocycles. The van der Waals surface area contributed by atoms with E-state index < -0.39 is 0 Å². The van der Waals surface area contributed by atoms with E-state index in [1.165, 1.54) is 5.56 Å². The van der Waals surface area contributed by atoms with Crippen LogP contribution in [0.5, 0.6) is 11.5 Å². The number of hydrogen-bond acceptors (Lipinski definition) is 3. The molecule has 1 aliphatic rings. The van der Waals surface area contributed by atoms with E-state index in [1.54, 1.807) is 0 Å². The summed E-state index contributed by atoms with van der Waals surface area (Å²) in [7, 11) is 0. The highest BCUT2D eigenvalue weighted by atomic mass is 16.5. The maximum absolute atomic E-state index is 5.98. The lowest BCUT2D eigenvalue weighted by atomic mass is 9.94. The standard InChI is InChI=1S/C18H21NO2/c1-13(19)14-5-4-6-16(11-14)21-12-15-9-10-20-18-8-3-2-7-17(15)18/h2-8,11,13,15H,9-10,12,19H2,1H3/t13-,15?/m0/s1. The van der Waals surface area contributed by atoms with Crippen LogP contribution in [-0.2, 0) is 0 Å². The minimum atomic E-state index is 0.0253. The monoisotopic (exact) mass is 283 g/mol. The minimum absolute atomic E-state index is 0.0253. The van der Waals surface area contributed by atoms with Gasteiger partial charge in [-0.2, -0.15) is 0 Å². The second kappa shape index (κ2) is 6.19. The summed E-state index contributed by atoms with van der Waals surface area (Å²) in [5.41, 5.74) is 8.25. The fraction of sp³-hybridized carbons (Fsp3) is 0.333. The van der Waals surface area contributed by atoms with Crippen LogP contribution in [0.15, 0.2) is 48.5 Å². The molecule has 0 amide bonds. The topological polar surface area (TPSA) is 44.5 Å². The zero-order chi connectivity index (χ0) is 14.7. The number of para-hydroxylation sites is 1. The van der Waals surface area contributed by atoms with Gasteiger partial charge in [0.25, 0.3) is 0 Å². The van der Waals surface area contributed by atoms with Crippen LogP contribution in [0.1, 0.15) is 36.4 Å². The number of nitrogens with two attached hydrogens (primary N) is 1. The van der Waals surface area contributed by atoms with Gasteiger partial charge in [0, 0.05) is 17.5 Å². The van der Waals surface area contributed by atoms with Gasteiger partial charge < -0.3 is 15.2 Å². The lowest BCUT2D eigenvalue weighted by Crippen LogP contribution is -2.19. The maximum Gasteiger partial charge on any atom is 0.122 e. The highest BCUT2D eigenvalue weighted by molar-refractivity contribution is 5.38. The first kappa shape index (κ1) is 14.0. The summed E-state index contributed by atoms with van der Waals surface area (Å²) in [4.78, 5) is 0. The molecule has 3 nitrogen and oxygen atoms in total. The predicted molar refractivity (Wildman–Crippen MR) is 83.8 cm³/mol. The number of benzene rings is 2. The first-order chi connectivity index (χ1) is 10.2. The summed E-state index contributed by atoms with van der Waals surface area (Å²) >= 11 is 0. The van der Waals surface area contributed by atoms with E-state index >= 15 is 0 Å². The summed E-state index contributed by atoms with van der Waals surface area (Å²) in [5.74, 6) is 2.25. The van der Waals surface area contributed by atoms with Gasteiger partial charge >= 0.3 is 0 Å². The molecule has 0 saturated carbocycles. The molecular weight excluding hydrogens is 262 g/mol. The van der Waals surface area contributed by atoms with Crippen molar-refractivity contribution in [2.45, 2.75) is 25.3 Å². The molecule has 3 heteroatoms. The molecule has 2 aromatic carbocycles. The van der Waals surface area contributed by atoms with Crippen molar-refractivity contribution in [1.29, 1.82) is 0 Å². The summed E-state index contributed by atoms with van der Waals surface area (Å²) < 4.78 is 11.7. The van der Waals surface area contributed by atoms with Gasteiger partial charge in [-0.25, -0.2) is 0 Å². The Balaban J connectivity index is 1.70. The van der Waals surface area contributed by atoms with E-state index in [9.17, 15) is 0 Å². The molecule has 0 radical (unpaired) electrons. The van der Waals surface area contributed by atoms with Gasteiger partial charge in [0.1, 0.15) is 11.5 Å². The van der Waals surface area contributed by atoms with Gasteiger partial charge in [0.2, 0.25) is 0 Å². The average molecular weight is 283 g/mol. The van der Waals surface area contributed by atoms with Crippen LogP contribution in [0.25, 0.3) is 0 Å². The van der Waals surface area contributed by atoms with E-state index in [0.717, 1.165) is 30.1 Å². The van der Waals surface area contributed by atoms with Gasteiger partial charge in [-0.15, -0.1) is 0 Å². The molecule has 2 N–H and O–H groups in total. The molecule has 0 spiro atoms. The molecule has 1 heterocycles. The molecular formula is C18H21NO2. The first-order valence-corrected chi connectivity index (χ1v) is 7.44. The quantitative estimate of drug-likeness (QED) is 0.931. The molecule has 0 aliphatic carbocycles. The third-order valence-electron chi connectivity index (χ3n) is 3.92. The number of ether oxygens (including phenoxy) is 2. The Morgan fingerprint density at radius 3 is 2.95 bits per heavy atom. The van der Waals surface area contributed by atoms with Crippen LogP contribution in [0.2, 0.25) is 0 Å². The zero-order valence-corrected chi connectivity index (χ0v) is 12.3. The molecule has 3 rings (SSSR count). The van der Waals surface area contributed by atoms with Crippen LogP contribution >= 0.6 is 0 Å². The zero-order valence-electron chi connectivity index (χ0n) is 12.3. The predicted octanol–water partition coefficient (Wildman–Crippen LogP) is 3.65. The highest BCUT2D eigenvalue weighted by Gasteiger charge is 2.21. The van der Waals surface area contributed by atoms with Crippen molar-refractivity contribution in [3.8, 4) is 11.5 Å². The van der Waals surface area contributed by atoms with E-state index in [4.69, 9.17) is 15.2 Å². The van der Waals surface area contributed by atoms with Crippen molar-refractivity contribution in [2.75, 3.05) is 13.2 Å². The molecule has 110 valence electrons. The average Bonchev–Trinajstić information content (AvgIpc) is 2.53. The fourth-order valence-electron chi connectivity index (χ4n) is 2.67.